The van der Waals surface area contributed by atoms with Crippen LogP contribution in [0.15, 0.2) is 17.6 Å². The van der Waals surface area contributed by atoms with Gasteiger partial charge in [-0.05, 0) is 6.07 Å². The van der Waals surface area contributed by atoms with E-state index in [0.29, 0.717) is 6.54 Å². The summed E-state index contributed by atoms with van der Waals surface area (Å²) in [7, 11) is 0. The second kappa shape index (κ2) is 6.27. The lowest BCUT2D eigenvalue weighted by atomic mass is 10.2. The molecule has 1 N–H and O–H groups in total. The maximum Gasteiger partial charge on any atom is 0.254 e. The normalized spacial score (nSPS) is 12.2. The predicted molar refractivity (Wildman–Crippen MR) is 74.9 cm³/mol. The Bertz CT molecular complexity index is 576. The number of amides is 1. The number of hydrogen-bond acceptors (Lipinski definition) is 5. The van der Waals surface area contributed by atoms with Crippen LogP contribution < -0.4 is 5.32 Å². The van der Waals surface area contributed by atoms with Crippen molar-refractivity contribution in [3.8, 4) is 0 Å². The maximum atomic E-state index is 12.0. The molecule has 1 amide bonds. The summed E-state index contributed by atoms with van der Waals surface area (Å²) in [5.41, 5.74) is 0.216. The highest BCUT2D eigenvalue weighted by molar-refractivity contribution is 7.09. The predicted octanol–water partition coefficient (Wildman–Crippen LogP) is 2.77. The zero-order valence-electron chi connectivity index (χ0n) is 9.93. The third kappa shape index (κ3) is 3.62. The lowest BCUT2D eigenvalue weighted by Crippen LogP contribution is -2.28. The number of carbonyl (C=O) groups excluding carboxylic acids is 1. The van der Waals surface area contributed by atoms with Crippen molar-refractivity contribution < 1.29 is 4.79 Å². The van der Waals surface area contributed by atoms with Crippen LogP contribution in [0.2, 0.25) is 10.3 Å². The van der Waals surface area contributed by atoms with Crippen LogP contribution in [0.4, 0.5) is 0 Å². The van der Waals surface area contributed by atoms with E-state index in [1.807, 2.05) is 12.3 Å². The molecule has 0 aromatic carbocycles. The fourth-order valence-electron chi connectivity index (χ4n) is 1.42. The molecule has 100 valence electrons. The van der Waals surface area contributed by atoms with Crippen molar-refractivity contribution >= 4 is 40.4 Å². The van der Waals surface area contributed by atoms with Gasteiger partial charge >= 0.3 is 0 Å². The Morgan fingerprint density at radius 1 is 1.47 bits per heavy atom. The van der Waals surface area contributed by atoms with Crippen LogP contribution in [0, 0.1) is 0 Å². The molecule has 0 aliphatic rings. The zero-order chi connectivity index (χ0) is 13.8. The minimum atomic E-state index is -0.329. The monoisotopic (exact) mass is 316 g/mol. The average Bonchev–Trinajstić information content (AvgIpc) is 2.92. The van der Waals surface area contributed by atoms with Crippen molar-refractivity contribution in [3.05, 3.63) is 38.5 Å². The van der Waals surface area contributed by atoms with Crippen molar-refractivity contribution in [1.29, 1.82) is 0 Å². The van der Waals surface area contributed by atoms with Crippen molar-refractivity contribution in [3.63, 3.8) is 0 Å². The first-order valence-corrected chi connectivity index (χ1v) is 7.08. The van der Waals surface area contributed by atoms with E-state index in [2.05, 4.69) is 20.5 Å². The van der Waals surface area contributed by atoms with E-state index in [-0.39, 0.29) is 27.7 Å². The van der Waals surface area contributed by atoms with E-state index in [0.717, 1.165) is 5.01 Å². The SMILES string of the molecule is CC(CNC(=O)c1cc(Cl)nnc1Cl)c1nccs1. The topological polar surface area (TPSA) is 67.8 Å². The number of thiazole rings is 1. The van der Waals surface area contributed by atoms with E-state index >= 15 is 0 Å². The van der Waals surface area contributed by atoms with Crippen molar-refractivity contribution in [2.75, 3.05) is 6.54 Å². The number of nitrogens with zero attached hydrogens (tertiary/aromatic N) is 3. The molecule has 0 radical (unpaired) electrons. The number of nitrogens with one attached hydrogen (secondary N) is 1. The number of rotatable bonds is 4. The Kier molecular flexibility index (Phi) is 4.68. The zero-order valence-corrected chi connectivity index (χ0v) is 12.3. The fourth-order valence-corrected chi connectivity index (χ4v) is 2.44. The van der Waals surface area contributed by atoms with Gasteiger partial charge < -0.3 is 5.32 Å². The summed E-state index contributed by atoms with van der Waals surface area (Å²) in [5.74, 6) is -0.196. The Hall–Kier alpha value is -1.24. The van der Waals surface area contributed by atoms with Gasteiger partial charge in [-0.15, -0.1) is 21.5 Å². The highest BCUT2D eigenvalue weighted by Gasteiger charge is 2.15. The summed E-state index contributed by atoms with van der Waals surface area (Å²) in [5, 5.41) is 12.9. The van der Waals surface area contributed by atoms with Crippen molar-refractivity contribution in [2.45, 2.75) is 12.8 Å². The van der Waals surface area contributed by atoms with Crippen molar-refractivity contribution in [2.24, 2.45) is 0 Å². The third-order valence-corrected chi connectivity index (χ3v) is 3.88. The van der Waals surface area contributed by atoms with E-state index in [4.69, 9.17) is 23.2 Å². The second-order valence-corrected chi connectivity index (χ2v) is 5.52. The molecule has 19 heavy (non-hydrogen) atoms. The summed E-state index contributed by atoms with van der Waals surface area (Å²) >= 11 is 13.0. The first-order valence-electron chi connectivity index (χ1n) is 5.44. The molecule has 2 rings (SSSR count). The van der Waals surface area contributed by atoms with E-state index in [1.54, 1.807) is 17.5 Å². The highest BCUT2D eigenvalue weighted by Crippen LogP contribution is 2.18. The molecule has 2 aromatic rings. The number of aromatic nitrogens is 3. The Morgan fingerprint density at radius 2 is 2.26 bits per heavy atom. The molecule has 0 saturated heterocycles. The van der Waals surface area contributed by atoms with Crippen LogP contribution in [0.3, 0.4) is 0 Å². The number of halogens is 2. The van der Waals surface area contributed by atoms with E-state index < -0.39 is 0 Å². The molecule has 8 heteroatoms. The molecule has 0 bridgehead atoms. The van der Waals surface area contributed by atoms with Gasteiger partial charge in [0, 0.05) is 24.0 Å². The Morgan fingerprint density at radius 3 is 2.95 bits per heavy atom. The van der Waals surface area contributed by atoms with Gasteiger partial charge in [0.15, 0.2) is 10.3 Å². The first-order chi connectivity index (χ1) is 9.08. The van der Waals surface area contributed by atoms with Gasteiger partial charge in [0.2, 0.25) is 0 Å². The molecule has 0 aliphatic heterocycles. The standard InChI is InChI=1S/C11H10Cl2N4OS/c1-6(11-14-2-3-19-11)5-15-10(18)7-4-8(12)16-17-9(7)13/h2-4,6H,5H2,1H3,(H,15,18). The van der Waals surface area contributed by atoms with E-state index in [9.17, 15) is 4.79 Å². The van der Waals surface area contributed by atoms with E-state index in [1.165, 1.54) is 6.07 Å². The second-order valence-electron chi connectivity index (χ2n) is 3.85. The minimum Gasteiger partial charge on any atom is -0.351 e. The van der Waals surface area contributed by atoms with Crippen LogP contribution >= 0.6 is 34.5 Å². The van der Waals surface area contributed by atoms with Gasteiger partial charge in [-0.1, -0.05) is 30.1 Å². The summed E-state index contributed by atoms with van der Waals surface area (Å²) in [6.45, 7) is 2.45. The molecular weight excluding hydrogens is 307 g/mol. The maximum absolute atomic E-state index is 12.0. The van der Waals surface area contributed by atoms with Crippen molar-refractivity contribution in [1.82, 2.24) is 20.5 Å². The molecular formula is C11H10Cl2N4OS. The average molecular weight is 317 g/mol. The third-order valence-electron chi connectivity index (χ3n) is 2.41. The van der Waals surface area contributed by atoms with Crippen LogP contribution in [0.1, 0.15) is 28.2 Å². The molecule has 0 saturated carbocycles. The largest absolute Gasteiger partial charge is 0.351 e. The summed E-state index contributed by atoms with van der Waals surface area (Å²) < 4.78 is 0. The molecule has 0 fully saturated rings. The van der Waals surface area contributed by atoms with Crippen LogP contribution in [-0.4, -0.2) is 27.6 Å². The van der Waals surface area contributed by atoms with Gasteiger partial charge in [0.1, 0.15) is 0 Å². The molecule has 0 spiro atoms. The first kappa shape index (κ1) is 14.2. The summed E-state index contributed by atoms with van der Waals surface area (Å²) in [6.07, 6.45) is 1.74. The van der Waals surface area contributed by atoms with Crippen LogP contribution in [0.25, 0.3) is 0 Å². The number of carbonyl (C=O) groups is 1. The van der Waals surface area contributed by atoms with Gasteiger partial charge in [-0.3, -0.25) is 4.79 Å². The van der Waals surface area contributed by atoms with Gasteiger partial charge in [-0.25, -0.2) is 4.98 Å². The smallest absolute Gasteiger partial charge is 0.254 e. The van der Waals surface area contributed by atoms with Gasteiger partial charge in [0.25, 0.3) is 5.91 Å². The lowest BCUT2D eigenvalue weighted by Gasteiger charge is -2.10. The molecule has 2 aromatic heterocycles. The Labute approximate surface area is 124 Å². The number of hydrogen-bond donors (Lipinski definition) is 1. The molecule has 5 nitrogen and oxygen atoms in total. The molecule has 0 aliphatic carbocycles. The summed E-state index contributed by atoms with van der Waals surface area (Å²) in [4.78, 5) is 16.1. The van der Waals surface area contributed by atoms with Gasteiger partial charge in [-0.2, -0.15) is 0 Å². The fraction of sp³-hybridized carbons (Fsp3) is 0.273. The van der Waals surface area contributed by atoms with Crippen LogP contribution in [0.5, 0.6) is 0 Å². The summed E-state index contributed by atoms with van der Waals surface area (Å²) in [6, 6.07) is 1.39. The highest BCUT2D eigenvalue weighted by atomic mass is 35.5. The van der Waals surface area contributed by atoms with Gasteiger partial charge in [0.05, 0.1) is 10.6 Å². The van der Waals surface area contributed by atoms with Crippen LogP contribution in [-0.2, 0) is 0 Å². The molecule has 2 heterocycles. The quantitative estimate of drug-likeness (QED) is 0.941. The Balaban J connectivity index is 2.00. The minimum absolute atomic E-state index is 0.0313. The molecule has 1 atom stereocenters. The molecule has 1 unspecified atom stereocenters. The lowest BCUT2D eigenvalue weighted by molar-refractivity contribution is 0.0951.